The summed E-state index contributed by atoms with van der Waals surface area (Å²) in [6.45, 7) is 2.17. The van der Waals surface area contributed by atoms with Crippen molar-refractivity contribution in [2.24, 2.45) is 5.92 Å². The first-order valence-electron chi connectivity index (χ1n) is 6.16. The van der Waals surface area contributed by atoms with E-state index in [9.17, 15) is 18.0 Å². The van der Waals surface area contributed by atoms with Gasteiger partial charge in [0.25, 0.3) is 0 Å². The van der Waals surface area contributed by atoms with E-state index < -0.39 is 11.7 Å². The van der Waals surface area contributed by atoms with E-state index >= 15 is 0 Å². The van der Waals surface area contributed by atoms with Crippen molar-refractivity contribution in [1.82, 2.24) is 0 Å². The third kappa shape index (κ3) is 3.22. The highest BCUT2D eigenvalue weighted by Gasteiger charge is 2.32. The second-order valence-electron chi connectivity index (χ2n) is 4.87. The van der Waals surface area contributed by atoms with E-state index in [1.807, 2.05) is 6.92 Å². The molecule has 1 aromatic carbocycles. The van der Waals surface area contributed by atoms with Crippen LogP contribution in [-0.2, 0) is 15.7 Å². The number of carbonyl (C=O) groups excluding carboxylic acids is 1. The summed E-state index contributed by atoms with van der Waals surface area (Å²) in [5, 5.41) is 2.54. The first kappa shape index (κ1) is 14.6. The molecule has 2 rings (SSSR count). The SMILES string of the molecule is CC1CC(C(=O)Nc2ccc(C(F)(F)F)cc2N)CO1. The number of hydrogen-bond donors (Lipinski definition) is 2. The lowest BCUT2D eigenvalue weighted by Crippen LogP contribution is -2.23. The minimum Gasteiger partial charge on any atom is -0.397 e. The van der Waals surface area contributed by atoms with E-state index in [1.165, 1.54) is 0 Å². The average Bonchev–Trinajstić information content (AvgIpc) is 2.77. The molecule has 1 heterocycles. The van der Waals surface area contributed by atoms with E-state index in [4.69, 9.17) is 10.5 Å². The molecule has 110 valence electrons. The number of alkyl halides is 3. The van der Waals surface area contributed by atoms with Crippen molar-refractivity contribution in [3.8, 4) is 0 Å². The third-order valence-corrected chi connectivity index (χ3v) is 3.21. The third-order valence-electron chi connectivity index (χ3n) is 3.21. The van der Waals surface area contributed by atoms with Crippen LogP contribution in [0, 0.1) is 5.92 Å². The Kier molecular flexibility index (Phi) is 3.89. The highest BCUT2D eigenvalue weighted by Crippen LogP contribution is 2.33. The zero-order valence-corrected chi connectivity index (χ0v) is 10.8. The first-order chi connectivity index (χ1) is 9.27. The molecule has 1 aliphatic rings. The predicted molar refractivity (Wildman–Crippen MR) is 68.0 cm³/mol. The molecule has 0 saturated carbocycles. The Labute approximate surface area is 114 Å². The topological polar surface area (TPSA) is 64.4 Å². The van der Waals surface area contributed by atoms with Crippen molar-refractivity contribution >= 4 is 17.3 Å². The summed E-state index contributed by atoms with van der Waals surface area (Å²) in [6, 6.07) is 2.86. The van der Waals surface area contributed by atoms with Crippen LogP contribution in [0.4, 0.5) is 24.5 Å². The number of hydrogen-bond acceptors (Lipinski definition) is 3. The van der Waals surface area contributed by atoms with Crippen molar-refractivity contribution in [2.75, 3.05) is 17.7 Å². The van der Waals surface area contributed by atoms with Crippen LogP contribution < -0.4 is 11.1 Å². The lowest BCUT2D eigenvalue weighted by Gasteiger charge is -2.13. The Morgan fingerprint density at radius 1 is 1.45 bits per heavy atom. The number of nitrogen functional groups attached to an aromatic ring is 1. The predicted octanol–water partition coefficient (Wildman–Crippen LogP) is 2.65. The van der Waals surface area contributed by atoms with Gasteiger partial charge >= 0.3 is 6.18 Å². The van der Waals surface area contributed by atoms with Crippen molar-refractivity contribution in [2.45, 2.75) is 25.6 Å². The van der Waals surface area contributed by atoms with Gasteiger partial charge in [0.1, 0.15) is 0 Å². The van der Waals surface area contributed by atoms with Gasteiger partial charge in [0.05, 0.1) is 35.6 Å². The summed E-state index contributed by atoms with van der Waals surface area (Å²) in [5.74, 6) is -0.590. The van der Waals surface area contributed by atoms with Crippen LogP contribution in [-0.4, -0.2) is 18.6 Å². The van der Waals surface area contributed by atoms with Gasteiger partial charge in [0.2, 0.25) is 5.91 Å². The van der Waals surface area contributed by atoms with Crippen LogP contribution in [0.2, 0.25) is 0 Å². The van der Waals surface area contributed by atoms with Crippen molar-refractivity contribution in [3.05, 3.63) is 23.8 Å². The molecular formula is C13H15F3N2O2. The summed E-state index contributed by atoms with van der Waals surface area (Å²) in [7, 11) is 0. The molecule has 2 atom stereocenters. The summed E-state index contributed by atoms with van der Waals surface area (Å²) in [6.07, 6.45) is -3.85. The maximum atomic E-state index is 12.5. The molecule has 20 heavy (non-hydrogen) atoms. The minimum absolute atomic E-state index is 0.00991. The molecule has 1 aromatic rings. The number of amides is 1. The molecule has 1 saturated heterocycles. The maximum Gasteiger partial charge on any atom is 0.416 e. The second kappa shape index (κ2) is 5.32. The van der Waals surface area contributed by atoms with Crippen LogP contribution in [0.25, 0.3) is 0 Å². The lowest BCUT2D eigenvalue weighted by atomic mass is 10.1. The van der Waals surface area contributed by atoms with Gasteiger partial charge in [-0.3, -0.25) is 4.79 Å². The van der Waals surface area contributed by atoms with E-state index in [1.54, 1.807) is 0 Å². The van der Waals surface area contributed by atoms with E-state index in [2.05, 4.69) is 5.32 Å². The Bertz CT molecular complexity index is 517. The highest BCUT2D eigenvalue weighted by molar-refractivity contribution is 5.95. The molecular weight excluding hydrogens is 273 g/mol. The van der Waals surface area contributed by atoms with Gasteiger partial charge in [0.15, 0.2) is 0 Å². The van der Waals surface area contributed by atoms with Gasteiger partial charge in [0, 0.05) is 0 Å². The Morgan fingerprint density at radius 2 is 2.15 bits per heavy atom. The molecule has 1 fully saturated rings. The molecule has 0 aliphatic carbocycles. The van der Waals surface area contributed by atoms with Gasteiger partial charge in [-0.25, -0.2) is 0 Å². The first-order valence-corrected chi connectivity index (χ1v) is 6.16. The summed E-state index contributed by atoms with van der Waals surface area (Å²) in [4.78, 5) is 11.9. The largest absolute Gasteiger partial charge is 0.416 e. The van der Waals surface area contributed by atoms with Crippen molar-refractivity contribution in [1.29, 1.82) is 0 Å². The Balaban J connectivity index is 2.08. The van der Waals surface area contributed by atoms with Gasteiger partial charge in [-0.05, 0) is 31.5 Å². The van der Waals surface area contributed by atoms with Crippen molar-refractivity contribution < 1.29 is 22.7 Å². The van der Waals surface area contributed by atoms with Crippen LogP contribution >= 0.6 is 0 Å². The lowest BCUT2D eigenvalue weighted by molar-refractivity contribution is -0.137. The van der Waals surface area contributed by atoms with Gasteiger partial charge in [-0.15, -0.1) is 0 Å². The molecule has 0 bridgehead atoms. The number of carbonyl (C=O) groups is 1. The monoisotopic (exact) mass is 288 g/mol. The Hall–Kier alpha value is -1.76. The number of nitrogens with two attached hydrogens (primary N) is 1. The van der Waals surface area contributed by atoms with Gasteiger partial charge in [-0.1, -0.05) is 0 Å². The number of ether oxygens (including phenoxy) is 1. The van der Waals surface area contributed by atoms with Gasteiger partial charge < -0.3 is 15.8 Å². The van der Waals surface area contributed by atoms with Crippen LogP contribution in [0.5, 0.6) is 0 Å². The highest BCUT2D eigenvalue weighted by atomic mass is 19.4. The van der Waals surface area contributed by atoms with Crippen LogP contribution in [0.15, 0.2) is 18.2 Å². The molecule has 1 amide bonds. The quantitative estimate of drug-likeness (QED) is 0.822. The maximum absolute atomic E-state index is 12.5. The smallest absolute Gasteiger partial charge is 0.397 e. The Morgan fingerprint density at radius 3 is 2.65 bits per heavy atom. The fourth-order valence-corrected chi connectivity index (χ4v) is 2.09. The molecule has 1 aliphatic heterocycles. The van der Waals surface area contributed by atoms with Crippen molar-refractivity contribution in [3.63, 3.8) is 0 Å². The molecule has 3 N–H and O–H groups in total. The summed E-state index contributed by atoms with van der Waals surface area (Å²) < 4.78 is 42.8. The molecule has 4 nitrogen and oxygen atoms in total. The zero-order valence-electron chi connectivity index (χ0n) is 10.8. The van der Waals surface area contributed by atoms with Crippen LogP contribution in [0.3, 0.4) is 0 Å². The molecule has 0 aromatic heterocycles. The molecule has 0 radical (unpaired) electrons. The molecule has 0 spiro atoms. The summed E-state index contributed by atoms with van der Waals surface area (Å²) in [5.41, 5.74) is 4.78. The summed E-state index contributed by atoms with van der Waals surface area (Å²) >= 11 is 0. The number of benzene rings is 1. The van der Waals surface area contributed by atoms with E-state index in [-0.39, 0.29) is 29.3 Å². The number of halogens is 3. The standard InChI is InChI=1S/C13H15F3N2O2/c1-7-4-8(6-20-7)12(19)18-11-3-2-9(5-10(11)17)13(14,15)16/h2-3,5,7-8H,4,6,17H2,1H3,(H,18,19). The van der Waals surface area contributed by atoms with E-state index in [0.717, 1.165) is 18.2 Å². The van der Waals surface area contributed by atoms with Crippen LogP contribution in [0.1, 0.15) is 18.9 Å². The molecule has 2 unspecified atom stereocenters. The van der Waals surface area contributed by atoms with Gasteiger partial charge in [-0.2, -0.15) is 13.2 Å². The zero-order chi connectivity index (χ0) is 14.9. The number of rotatable bonds is 2. The number of nitrogens with one attached hydrogen (secondary N) is 1. The second-order valence-corrected chi connectivity index (χ2v) is 4.87. The van der Waals surface area contributed by atoms with E-state index in [0.29, 0.717) is 13.0 Å². The normalized spacial score (nSPS) is 22.8. The molecule has 7 heteroatoms. The number of anilines is 2. The minimum atomic E-state index is -4.45. The average molecular weight is 288 g/mol. The fraction of sp³-hybridized carbons (Fsp3) is 0.462. The fourth-order valence-electron chi connectivity index (χ4n) is 2.09.